The van der Waals surface area contributed by atoms with Gasteiger partial charge in [0.25, 0.3) is 5.78 Å². The monoisotopic (exact) mass is 400 g/mol. The molecule has 0 spiro atoms. The van der Waals surface area contributed by atoms with Crippen molar-refractivity contribution < 1.29 is 9.59 Å². The first-order valence-corrected chi connectivity index (χ1v) is 9.47. The van der Waals surface area contributed by atoms with Crippen LogP contribution in [0.2, 0.25) is 0 Å². The minimum Gasteiger partial charge on any atom is -0.366 e. The molecule has 150 valence electrons. The minimum atomic E-state index is -0.126. The summed E-state index contributed by atoms with van der Waals surface area (Å²) < 4.78 is 1.28. The molecule has 0 bridgehead atoms. The number of nitrogens with zero attached hydrogens (tertiary/aromatic N) is 5. The SMILES string of the molecule is Cc1ccc(C(=O)Cc2nc3nnc(N)n3nc2CC(=O)c2ccc(C)cc2)cc1. The highest BCUT2D eigenvalue weighted by Gasteiger charge is 2.19. The van der Waals surface area contributed by atoms with Gasteiger partial charge >= 0.3 is 0 Å². The molecule has 2 heterocycles. The van der Waals surface area contributed by atoms with Gasteiger partial charge < -0.3 is 5.73 Å². The second kappa shape index (κ2) is 7.82. The van der Waals surface area contributed by atoms with Crippen LogP contribution in [0.25, 0.3) is 5.78 Å². The number of fused-ring (bicyclic) bond motifs is 1. The molecule has 2 aromatic heterocycles. The van der Waals surface area contributed by atoms with E-state index in [1.807, 2.05) is 38.1 Å². The number of nitrogen functional groups attached to an aromatic ring is 1. The zero-order valence-electron chi connectivity index (χ0n) is 16.7. The number of anilines is 1. The molecule has 0 saturated heterocycles. The molecule has 0 aliphatic heterocycles. The summed E-state index contributed by atoms with van der Waals surface area (Å²) >= 11 is 0. The third-order valence-corrected chi connectivity index (χ3v) is 4.84. The number of ketones is 2. The Labute approximate surface area is 172 Å². The van der Waals surface area contributed by atoms with E-state index < -0.39 is 0 Å². The lowest BCUT2D eigenvalue weighted by atomic mass is 10.0. The number of nitrogens with two attached hydrogens (primary N) is 1. The predicted octanol–water partition coefficient (Wildman–Crippen LogP) is 2.57. The summed E-state index contributed by atoms with van der Waals surface area (Å²) in [5.74, 6) is 0.00758. The standard InChI is InChI=1S/C22H20N6O2/c1-13-3-7-15(8-4-13)19(29)11-17-18(27-28-21(23)25-26-22(28)24-17)12-20(30)16-9-5-14(2)6-10-16/h3-10H,11-12H2,1-2H3,(H2,23,25). The van der Waals surface area contributed by atoms with Crippen molar-refractivity contribution >= 4 is 23.3 Å². The Hall–Kier alpha value is -3.94. The highest BCUT2D eigenvalue weighted by atomic mass is 16.1. The second-order valence-electron chi connectivity index (χ2n) is 7.21. The molecular formula is C22H20N6O2. The Morgan fingerprint density at radius 2 is 1.30 bits per heavy atom. The third kappa shape index (κ3) is 3.93. The molecule has 0 saturated carbocycles. The van der Waals surface area contributed by atoms with Crippen molar-refractivity contribution in [3.05, 3.63) is 82.2 Å². The summed E-state index contributed by atoms with van der Waals surface area (Å²) in [7, 11) is 0. The molecule has 4 aromatic rings. The molecule has 8 heteroatoms. The Bertz CT molecular complexity index is 1240. The molecule has 4 rings (SSSR count). The van der Waals surface area contributed by atoms with Crippen LogP contribution in [-0.4, -0.2) is 36.4 Å². The lowest BCUT2D eigenvalue weighted by Crippen LogP contribution is -2.16. The average Bonchev–Trinajstić information content (AvgIpc) is 3.09. The number of benzene rings is 2. The first-order chi connectivity index (χ1) is 14.4. The molecular weight excluding hydrogens is 380 g/mol. The average molecular weight is 400 g/mol. The highest BCUT2D eigenvalue weighted by molar-refractivity contribution is 5.99. The largest absolute Gasteiger partial charge is 0.366 e. The lowest BCUT2D eigenvalue weighted by molar-refractivity contribution is 0.0976. The predicted molar refractivity (Wildman–Crippen MR) is 111 cm³/mol. The number of Topliss-reactive ketones (excluding diaryl/α,β-unsaturated/α-hetero) is 2. The Kier molecular flexibility index (Phi) is 5.05. The first-order valence-electron chi connectivity index (χ1n) is 9.47. The molecule has 0 unspecified atom stereocenters. The van der Waals surface area contributed by atoms with Crippen LogP contribution in [0.5, 0.6) is 0 Å². The Morgan fingerprint density at radius 1 is 0.800 bits per heavy atom. The van der Waals surface area contributed by atoms with Crippen molar-refractivity contribution in [2.45, 2.75) is 26.7 Å². The fourth-order valence-electron chi connectivity index (χ4n) is 3.08. The summed E-state index contributed by atoms with van der Waals surface area (Å²) in [5, 5.41) is 12.1. The van der Waals surface area contributed by atoms with Gasteiger partial charge in [0.2, 0.25) is 5.95 Å². The number of carbonyl (C=O) groups excluding carboxylic acids is 2. The van der Waals surface area contributed by atoms with E-state index in [4.69, 9.17) is 5.73 Å². The van der Waals surface area contributed by atoms with Crippen LogP contribution in [0.4, 0.5) is 5.95 Å². The quantitative estimate of drug-likeness (QED) is 0.494. The molecule has 0 amide bonds. The summed E-state index contributed by atoms with van der Waals surface area (Å²) in [6, 6.07) is 14.6. The number of hydrogen-bond donors (Lipinski definition) is 1. The van der Waals surface area contributed by atoms with E-state index in [0.717, 1.165) is 11.1 Å². The van der Waals surface area contributed by atoms with Gasteiger partial charge in [-0.2, -0.15) is 9.61 Å². The normalized spacial score (nSPS) is 11.0. The van der Waals surface area contributed by atoms with Crippen LogP contribution in [-0.2, 0) is 12.8 Å². The molecule has 0 aliphatic rings. The van der Waals surface area contributed by atoms with Gasteiger partial charge in [0.05, 0.1) is 24.2 Å². The van der Waals surface area contributed by atoms with E-state index in [9.17, 15) is 9.59 Å². The zero-order chi connectivity index (χ0) is 21.3. The van der Waals surface area contributed by atoms with E-state index >= 15 is 0 Å². The van der Waals surface area contributed by atoms with Gasteiger partial charge in [0.1, 0.15) is 0 Å². The number of carbonyl (C=O) groups is 2. The molecule has 30 heavy (non-hydrogen) atoms. The third-order valence-electron chi connectivity index (χ3n) is 4.84. The lowest BCUT2D eigenvalue weighted by Gasteiger charge is -2.08. The number of rotatable bonds is 6. The summed E-state index contributed by atoms with van der Waals surface area (Å²) in [6.07, 6.45) is -0.0179. The zero-order valence-corrected chi connectivity index (χ0v) is 16.7. The number of aromatic nitrogens is 5. The van der Waals surface area contributed by atoms with E-state index in [-0.39, 0.29) is 36.1 Å². The van der Waals surface area contributed by atoms with Crippen molar-refractivity contribution in [2.75, 3.05) is 5.73 Å². The second-order valence-corrected chi connectivity index (χ2v) is 7.21. The summed E-state index contributed by atoms with van der Waals surface area (Å²) in [4.78, 5) is 30.0. The summed E-state index contributed by atoms with van der Waals surface area (Å²) in [6.45, 7) is 3.91. The Morgan fingerprint density at radius 3 is 1.83 bits per heavy atom. The summed E-state index contributed by atoms with van der Waals surface area (Å²) in [5.41, 5.74) is 9.82. The van der Waals surface area contributed by atoms with Gasteiger partial charge in [0.15, 0.2) is 11.6 Å². The van der Waals surface area contributed by atoms with Crippen molar-refractivity contribution in [1.29, 1.82) is 0 Å². The smallest absolute Gasteiger partial charge is 0.273 e. The maximum atomic E-state index is 12.8. The van der Waals surface area contributed by atoms with Gasteiger partial charge in [0, 0.05) is 11.1 Å². The van der Waals surface area contributed by atoms with Gasteiger partial charge in [-0.15, -0.1) is 10.2 Å². The van der Waals surface area contributed by atoms with E-state index in [2.05, 4.69) is 20.3 Å². The van der Waals surface area contributed by atoms with Crippen molar-refractivity contribution in [3.63, 3.8) is 0 Å². The highest BCUT2D eigenvalue weighted by Crippen LogP contribution is 2.15. The van der Waals surface area contributed by atoms with Gasteiger partial charge in [-0.1, -0.05) is 59.7 Å². The topological polar surface area (TPSA) is 116 Å². The van der Waals surface area contributed by atoms with Crippen molar-refractivity contribution in [3.8, 4) is 0 Å². The molecule has 0 aliphatic carbocycles. The first kappa shape index (κ1) is 19.4. The number of aryl methyl sites for hydroxylation is 2. The van der Waals surface area contributed by atoms with E-state index in [1.54, 1.807) is 24.3 Å². The van der Waals surface area contributed by atoms with Crippen LogP contribution in [0.3, 0.4) is 0 Å². The van der Waals surface area contributed by atoms with Crippen LogP contribution in [0.15, 0.2) is 48.5 Å². The van der Waals surface area contributed by atoms with Crippen molar-refractivity contribution in [2.24, 2.45) is 0 Å². The fraction of sp³-hybridized carbons (Fsp3) is 0.182. The van der Waals surface area contributed by atoms with Crippen molar-refractivity contribution in [1.82, 2.24) is 24.8 Å². The van der Waals surface area contributed by atoms with Crippen LogP contribution >= 0.6 is 0 Å². The van der Waals surface area contributed by atoms with Crippen LogP contribution in [0, 0.1) is 13.8 Å². The molecule has 0 atom stereocenters. The molecule has 8 nitrogen and oxygen atoms in total. The van der Waals surface area contributed by atoms with Crippen LogP contribution in [0.1, 0.15) is 43.2 Å². The Balaban J connectivity index is 1.68. The molecule has 0 fully saturated rings. The van der Waals surface area contributed by atoms with Gasteiger partial charge in [-0.25, -0.2) is 4.98 Å². The van der Waals surface area contributed by atoms with E-state index in [0.29, 0.717) is 22.5 Å². The number of hydrogen-bond acceptors (Lipinski definition) is 7. The fourth-order valence-corrected chi connectivity index (χ4v) is 3.08. The molecule has 2 N–H and O–H groups in total. The van der Waals surface area contributed by atoms with Gasteiger partial charge in [-0.3, -0.25) is 9.59 Å². The van der Waals surface area contributed by atoms with Crippen LogP contribution < -0.4 is 5.73 Å². The maximum Gasteiger partial charge on any atom is 0.273 e. The minimum absolute atomic E-state index is 0.00413. The molecule has 0 radical (unpaired) electrons. The molecule has 2 aromatic carbocycles. The van der Waals surface area contributed by atoms with Gasteiger partial charge in [-0.05, 0) is 13.8 Å². The van der Waals surface area contributed by atoms with E-state index in [1.165, 1.54) is 4.52 Å². The maximum absolute atomic E-state index is 12.8.